The van der Waals surface area contributed by atoms with Crippen LogP contribution in [0.4, 0.5) is 0 Å². The predicted octanol–water partition coefficient (Wildman–Crippen LogP) is 2.42. The molecule has 0 fully saturated rings. The van der Waals surface area contributed by atoms with Gasteiger partial charge < -0.3 is 0 Å². The van der Waals surface area contributed by atoms with Crippen LogP contribution in [0.2, 0.25) is 0 Å². The summed E-state index contributed by atoms with van der Waals surface area (Å²) in [6.07, 6.45) is 0.541. The van der Waals surface area contributed by atoms with Gasteiger partial charge in [0.05, 0.1) is 15.4 Å². The van der Waals surface area contributed by atoms with E-state index in [0.717, 1.165) is 5.56 Å². The Labute approximate surface area is 71.5 Å². The fourth-order valence-electron chi connectivity index (χ4n) is 0.530. The first-order chi connectivity index (χ1) is 4.33. The molecule has 1 heterocycles. The van der Waals surface area contributed by atoms with Gasteiger partial charge in [-0.25, -0.2) is 0 Å². The number of halogens is 1. The number of nitrogens with zero attached hydrogens (tertiary/aromatic N) is 1. The van der Waals surface area contributed by atoms with Crippen LogP contribution < -0.4 is 0 Å². The zero-order valence-electron chi connectivity index (χ0n) is 4.60. The zero-order valence-corrected chi connectivity index (χ0v) is 7.57. The molecule has 1 nitrogen and oxygen atoms in total. The van der Waals surface area contributed by atoms with Crippen molar-refractivity contribution in [2.75, 3.05) is 0 Å². The third-order valence-corrected chi connectivity index (χ3v) is 2.74. The van der Waals surface area contributed by atoms with Gasteiger partial charge in [-0.2, -0.15) is 5.26 Å². The first-order valence-corrected chi connectivity index (χ1v) is 4.38. The number of hydrogen-bond donors (Lipinski definition) is 0. The lowest BCUT2D eigenvalue weighted by molar-refractivity contribution is 1.28. The highest BCUT2D eigenvalue weighted by Crippen LogP contribution is 2.16. The van der Waals surface area contributed by atoms with Gasteiger partial charge in [0.25, 0.3) is 0 Å². The molecule has 0 aliphatic heterocycles. The Morgan fingerprint density at radius 2 is 2.56 bits per heavy atom. The van der Waals surface area contributed by atoms with Crippen LogP contribution in [0.5, 0.6) is 0 Å². The molecule has 0 aromatic carbocycles. The molecule has 46 valence electrons. The standard InChI is InChI=1S/C6H4INS/c7-6-3-5(1-2-8)4-9-6/h3-4H,1H2. The van der Waals surface area contributed by atoms with Crippen LogP contribution in [-0.4, -0.2) is 0 Å². The topological polar surface area (TPSA) is 23.8 Å². The van der Waals surface area contributed by atoms with Crippen LogP contribution in [0.3, 0.4) is 0 Å². The van der Waals surface area contributed by atoms with E-state index in [4.69, 9.17) is 5.26 Å². The SMILES string of the molecule is N#CCc1csc(I)c1. The molecule has 0 aliphatic carbocycles. The van der Waals surface area contributed by atoms with Crippen LogP contribution in [0.15, 0.2) is 11.4 Å². The summed E-state index contributed by atoms with van der Waals surface area (Å²) in [5.74, 6) is 0. The van der Waals surface area contributed by atoms with Crippen LogP contribution in [0.25, 0.3) is 0 Å². The lowest BCUT2D eigenvalue weighted by Crippen LogP contribution is -1.71. The molecule has 0 aliphatic rings. The Hall–Kier alpha value is -0.0800. The largest absolute Gasteiger partial charge is 0.198 e. The first kappa shape index (κ1) is 7.03. The van der Waals surface area contributed by atoms with Gasteiger partial charge in [-0.15, -0.1) is 11.3 Å². The highest BCUT2D eigenvalue weighted by molar-refractivity contribution is 14.1. The summed E-state index contributed by atoms with van der Waals surface area (Å²) in [6, 6.07) is 4.14. The maximum atomic E-state index is 8.28. The summed E-state index contributed by atoms with van der Waals surface area (Å²) >= 11 is 3.93. The lowest BCUT2D eigenvalue weighted by atomic mass is 10.3. The minimum atomic E-state index is 0.541. The van der Waals surface area contributed by atoms with Crippen molar-refractivity contribution in [3.05, 3.63) is 19.9 Å². The van der Waals surface area contributed by atoms with Crippen molar-refractivity contribution < 1.29 is 0 Å². The summed E-state index contributed by atoms with van der Waals surface area (Å²) < 4.78 is 1.25. The van der Waals surface area contributed by atoms with E-state index >= 15 is 0 Å². The van der Waals surface area contributed by atoms with Crippen LogP contribution in [-0.2, 0) is 6.42 Å². The molecule has 0 spiro atoms. The van der Waals surface area contributed by atoms with Gasteiger partial charge in [0, 0.05) is 0 Å². The van der Waals surface area contributed by atoms with Gasteiger partial charge >= 0.3 is 0 Å². The monoisotopic (exact) mass is 249 g/mol. The van der Waals surface area contributed by atoms with Crippen molar-refractivity contribution in [2.45, 2.75) is 6.42 Å². The fourth-order valence-corrected chi connectivity index (χ4v) is 1.95. The highest BCUT2D eigenvalue weighted by atomic mass is 127. The molecule has 0 N–H and O–H groups in total. The molecule has 1 aromatic heterocycles. The molecule has 0 saturated heterocycles. The van der Waals surface area contributed by atoms with Gasteiger partial charge in [0.2, 0.25) is 0 Å². The van der Waals surface area contributed by atoms with Crippen LogP contribution in [0.1, 0.15) is 5.56 Å². The van der Waals surface area contributed by atoms with Gasteiger partial charge in [0.15, 0.2) is 0 Å². The second-order valence-electron chi connectivity index (χ2n) is 1.59. The number of thiophene rings is 1. The fraction of sp³-hybridized carbons (Fsp3) is 0.167. The Morgan fingerprint density at radius 3 is 3.00 bits per heavy atom. The molecule has 0 unspecified atom stereocenters. The molecule has 3 heteroatoms. The van der Waals surface area contributed by atoms with Crippen molar-refractivity contribution in [3.8, 4) is 6.07 Å². The molecular weight excluding hydrogens is 245 g/mol. The summed E-state index contributed by atoms with van der Waals surface area (Å²) in [6.45, 7) is 0. The molecular formula is C6H4INS. The summed E-state index contributed by atoms with van der Waals surface area (Å²) in [5, 5.41) is 10.3. The van der Waals surface area contributed by atoms with E-state index in [1.807, 2.05) is 11.4 Å². The third-order valence-electron chi connectivity index (χ3n) is 0.905. The summed E-state index contributed by atoms with van der Waals surface area (Å²) in [5.41, 5.74) is 1.13. The van der Waals surface area contributed by atoms with Crippen molar-refractivity contribution >= 4 is 33.9 Å². The van der Waals surface area contributed by atoms with Crippen LogP contribution in [0, 0.1) is 14.2 Å². The van der Waals surface area contributed by atoms with Crippen molar-refractivity contribution in [1.29, 1.82) is 5.26 Å². The normalized spacial score (nSPS) is 8.89. The third kappa shape index (κ3) is 1.95. The molecule has 9 heavy (non-hydrogen) atoms. The molecule has 0 radical (unpaired) electrons. The Morgan fingerprint density at radius 1 is 1.78 bits per heavy atom. The summed E-state index contributed by atoms with van der Waals surface area (Å²) in [7, 11) is 0. The van der Waals surface area contributed by atoms with Crippen LogP contribution >= 0.6 is 33.9 Å². The smallest absolute Gasteiger partial charge is 0.0670 e. The molecule has 1 aromatic rings. The van der Waals surface area contributed by atoms with E-state index in [2.05, 4.69) is 28.7 Å². The first-order valence-electron chi connectivity index (χ1n) is 2.43. The second kappa shape index (κ2) is 3.18. The maximum absolute atomic E-state index is 8.28. The average molecular weight is 249 g/mol. The van der Waals surface area contributed by atoms with E-state index in [0.29, 0.717) is 6.42 Å². The minimum absolute atomic E-state index is 0.541. The molecule has 1 rings (SSSR count). The van der Waals surface area contributed by atoms with Crippen molar-refractivity contribution in [3.63, 3.8) is 0 Å². The van der Waals surface area contributed by atoms with E-state index in [9.17, 15) is 0 Å². The van der Waals surface area contributed by atoms with E-state index in [1.54, 1.807) is 11.3 Å². The van der Waals surface area contributed by atoms with Gasteiger partial charge in [-0.3, -0.25) is 0 Å². The average Bonchev–Trinajstić information content (AvgIpc) is 2.17. The van der Waals surface area contributed by atoms with Crippen molar-refractivity contribution in [2.24, 2.45) is 0 Å². The van der Waals surface area contributed by atoms with Crippen molar-refractivity contribution in [1.82, 2.24) is 0 Å². The number of rotatable bonds is 1. The van der Waals surface area contributed by atoms with Gasteiger partial charge in [-0.05, 0) is 39.6 Å². The summed E-state index contributed by atoms with van der Waals surface area (Å²) in [4.78, 5) is 0. The molecule has 0 amide bonds. The van der Waals surface area contributed by atoms with Gasteiger partial charge in [-0.1, -0.05) is 0 Å². The quantitative estimate of drug-likeness (QED) is 0.701. The highest BCUT2D eigenvalue weighted by Gasteiger charge is 1.93. The Kier molecular flexibility index (Phi) is 2.49. The number of nitriles is 1. The molecule has 0 bridgehead atoms. The second-order valence-corrected chi connectivity index (χ2v) is 4.40. The van der Waals surface area contributed by atoms with Gasteiger partial charge in [0.1, 0.15) is 0 Å². The van der Waals surface area contributed by atoms with E-state index < -0.39 is 0 Å². The Bertz CT molecular complexity index is 235. The minimum Gasteiger partial charge on any atom is -0.198 e. The van der Waals surface area contributed by atoms with E-state index in [-0.39, 0.29) is 0 Å². The Balaban J connectivity index is 2.76. The molecule has 0 atom stereocenters. The maximum Gasteiger partial charge on any atom is 0.0670 e. The molecule has 0 saturated carbocycles. The zero-order chi connectivity index (χ0) is 6.69. The number of hydrogen-bond acceptors (Lipinski definition) is 2. The lowest BCUT2D eigenvalue weighted by Gasteiger charge is -1.77. The van der Waals surface area contributed by atoms with E-state index in [1.165, 1.54) is 2.88 Å². The predicted molar refractivity (Wildman–Crippen MR) is 46.4 cm³/mol.